The first-order chi connectivity index (χ1) is 7.62. The van der Waals surface area contributed by atoms with Gasteiger partial charge >= 0.3 is 0 Å². The average Bonchev–Trinajstić information content (AvgIpc) is 2.28. The molecule has 0 amide bonds. The van der Waals surface area contributed by atoms with Crippen LogP contribution in [0.25, 0.3) is 0 Å². The molecule has 3 nitrogen and oxygen atoms in total. The Balaban J connectivity index is 3.09. The van der Waals surface area contributed by atoms with E-state index in [1.165, 1.54) is 0 Å². The van der Waals surface area contributed by atoms with Gasteiger partial charge in [0.25, 0.3) is 0 Å². The van der Waals surface area contributed by atoms with E-state index in [4.69, 9.17) is 15.2 Å². The average molecular weight is 288 g/mol. The van der Waals surface area contributed by atoms with Crippen molar-refractivity contribution in [2.24, 2.45) is 5.73 Å². The van der Waals surface area contributed by atoms with Gasteiger partial charge in [-0.3, -0.25) is 0 Å². The van der Waals surface area contributed by atoms with E-state index in [0.717, 1.165) is 34.4 Å². The third-order valence-corrected chi connectivity index (χ3v) is 2.98. The van der Waals surface area contributed by atoms with Crippen molar-refractivity contribution in [1.29, 1.82) is 0 Å². The van der Waals surface area contributed by atoms with Crippen LogP contribution in [0.1, 0.15) is 18.9 Å². The lowest BCUT2D eigenvalue weighted by molar-refractivity contribution is 0.350. The zero-order chi connectivity index (χ0) is 12.1. The minimum atomic E-state index is 0.146. The van der Waals surface area contributed by atoms with Gasteiger partial charge in [0.2, 0.25) is 0 Å². The van der Waals surface area contributed by atoms with E-state index >= 15 is 0 Å². The molecule has 0 heterocycles. The maximum Gasteiger partial charge on any atom is 0.164 e. The Hall–Kier alpha value is -0.740. The molecule has 16 heavy (non-hydrogen) atoms. The van der Waals surface area contributed by atoms with Gasteiger partial charge in [-0.2, -0.15) is 0 Å². The van der Waals surface area contributed by atoms with Crippen molar-refractivity contribution >= 4 is 15.9 Å². The van der Waals surface area contributed by atoms with Crippen molar-refractivity contribution in [3.63, 3.8) is 0 Å². The van der Waals surface area contributed by atoms with Crippen LogP contribution in [-0.2, 0) is 6.42 Å². The molecule has 1 aromatic carbocycles. The molecule has 0 spiro atoms. The SMILES string of the molecule is CCC(N)Cc1cc(Br)cc(OC)c1OC. The second-order valence-electron chi connectivity index (χ2n) is 3.67. The van der Waals surface area contributed by atoms with Crippen LogP contribution in [0.4, 0.5) is 0 Å². The van der Waals surface area contributed by atoms with Gasteiger partial charge in [-0.05, 0) is 25.0 Å². The van der Waals surface area contributed by atoms with Gasteiger partial charge < -0.3 is 15.2 Å². The Bertz CT molecular complexity index is 355. The zero-order valence-corrected chi connectivity index (χ0v) is 11.5. The normalized spacial score (nSPS) is 12.3. The van der Waals surface area contributed by atoms with Crippen molar-refractivity contribution in [2.45, 2.75) is 25.8 Å². The van der Waals surface area contributed by atoms with Gasteiger partial charge in [0.05, 0.1) is 14.2 Å². The van der Waals surface area contributed by atoms with E-state index in [9.17, 15) is 0 Å². The van der Waals surface area contributed by atoms with Crippen molar-refractivity contribution in [1.82, 2.24) is 0 Å². The van der Waals surface area contributed by atoms with Gasteiger partial charge in [-0.25, -0.2) is 0 Å². The monoisotopic (exact) mass is 287 g/mol. The molecule has 0 aromatic heterocycles. The Morgan fingerprint density at radius 1 is 1.31 bits per heavy atom. The summed E-state index contributed by atoms with van der Waals surface area (Å²) in [7, 11) is 3.28. The summed E-state index contributed by atoms with van der Waals surface area (Å²) in [6.07, 6.45) is 1.73. The quantitative estimate of drug-likeness (QED) is 0.906. The molecule has 1 rings (SSSR count). The molecule has 90 valence electrons. The first-order valence-electron chi connectivity index (χ1n) is 5.28. The number of nitrogens with two attached hydrogens (primary N) is 1. The number of methoxy groups -OCH3 is 2. The summed E-state index contributed by atoms with van der Waals surface area (Å²) in [5, 5.41) is 0. The van der Waals surface area contributed by atoms with E-state index in [-0.39, 0.29) is 6.04 Å². The van der Waals surface area contributed by atoms with Crippen molar-refractivity contribution in [3.8, 4) is 11.5 Å². The summed E-state index contributed by atoms with van der Waals surface area (Å²) in [5.41, 5.74) is 7.03. The van der Waals surface area contributed by atoms with E-state index in [0.29, 0.717) is 0 Å². The molecule has 1 unspecified atom stereocenters. The van der Waals surface area contributed by atoms with Crippen LogP contribution in [0.3, 0.4) is 0 Å². The molecule has 0 aliphatic rings. The fourth-order valence-corrected chi connectivity index (χ4v) is 2.07. The number of ether oxygens (including phenoxy) is 2. The summed E-state index contributed by atoms with van der Waals surface area (Å²) in [6, 6.07) is 4.06. The standard InChI is InChI=1S/C12H18BrNO2/c1-4-10(14)6-8-5-9(13)7-11(15-2)12(8)16-3/h5,7,10H,4,6,14H2,1-3H3. The third-order valence-electron chi connectivity index (χ3n) is 2.53. The smallest absolute Gasteiger partial charge is 0.164 e. The second kappa shape index (κ2) is 6.11. The van der Waals surface area contributed by atoms with Gasteiger partial charge in [-0.15, -0.1) is 0 Å². The third kappa shape index (κ3) is 3.12. The lowest BCUT2D eigenvalue weighted by Gasteiger charge is -2.16. The molecule has 0 saturated carbocycles. The molecule has 0 saturated heterocycles. The second-order valence-corrected chi connectivity index (χ2v) is 4.59. The maximum atomic E-state index is 5.96. The highest BCUT2D eigenvalue weighted by Gasteiger charge is 2.13. The van der Waals surface area contributed by atoms with Crippen molar-refractivity contribution < 1.29 is 9.47 Å². The lowest BCUT2D eigenvalue weighted by Crippen LogP contribution is -2.21. The molecule has 0 radical (unpaired) electrons. The van der Waals surface area contributed by atoms with Crippen LogP contribution in [0.2, 0.25) is 0 Å². The minimum absolute atomic E-state index is 0.146. The number of rotatable bonds is 5. The predicted molar refractivity (Wildman–Crippen MR) is 69.2 cm³/mol. The largest absolute Gasteiger partial charge is 0.493 e. The first kappa shape index (κ1) is 13.3. The molecule has 0 aliphatic heterocycles. The highest BCUT2D eigenvalue weighted by atomic mass is 79.9. The van der Waals surface area contributed by atoms with Gasteiger partial charge in [0, 0.05) is 16.1 Å². The van der Waals surface area contributed by atoms with Crippen LogP contribution in [0, 0.1) is 0 Å². The summed E-state index contributed by atoms with van der Waals surface area (Å²) < 4.78 is 11.6. The molecule has 0 aliphatic carbocycles. The molecule has 1 atom stereocenters. The highest BCUT2D eigenvalue weighted by molar-refractivity contribution is 9.10. The van der Waals surface area contributed by atoms with Gasteiger partial charge in [0.1, 0.15) is 0 Å². The molecular formula is C12H18BrNO2. The van der Waals surface area contributed by atoms with E-state index in [2.05, 4.69) is 22.9 Å². The molecule has 1 aromatic rings. The van der Waals surface area contributed by atoms with E-state index in [1.807, 2.05) is 12.1 Å². The van der Waals surface area contributed by atoms with E-state index in [1.54, 1.807) is 14.2 Å². The van der Waals surface area contributed by atoms with Crippen LogP contribution in [0.5, 0.6) is 11.5 Å². The summed E-state index contributed by atoms with van der Waals surface area (Å²) >= 11 is 3.45. The van der Waals surface area contributed by atoms with Gasteiger partial charge in [0.15, 0.2) is 11.5 Å². The number of hydrogen-bond acceptors (Lipinski definition) is 3. The highest BCUT2D eigenvalue weighted by Crippen LogP contribution is 2.35. The molecule has 0 bridgehead atoms. The maximum absolute atomic E-state index is 5.96. The first-order valence-corrected chi connectivity index (χ1v) is 6.07. The summed E-state index contributed by atoms with van der Waals surface area (Å²) in [6.45, 7) is 2.08. The fraction of sp³-hybridized carbons (Fsp3) is 0.500. The molecule has 2 N–H and O–H groups in total. The topological polar surface area (TPSA) is 44.5 Å². The minimum Gasteiger partial charge on any atom is -0.493 e. The van der Waals surface area contributed by atoms with Gasteiger partial charge in [-0.1, -0.05) is 22.9 Å². The van der Waals surface area contributed by atoms with Crippen LogP contribution in [-0.4, -0.2) is 20.3 Å². The molecular weight excluding hydrogens is 270 g/mol. The van der Waals surface area contributed by atoms with Crippen LogP contribution < -0.4 is 15.2 Å². The molecule has 4 heteroatoms. The van der Waals surface area contributed by atoms with E-state index < -0.39 is 0 Å². The predicted octanol–water partition coefficient (Wildman–Crippen LogP) is 2.75. The van der Waals surface area contributed by atoms with Crippen molar-refractivity contribution in [2.75, 3.05) is 14.2 Å². The van der Waals surface area contributed by atoms with Crippen LogP contribution in [0.15, 0.2) is 16.6 Å². The Kier molecular flexibility index (Phi) is 5.09. The number of halogens is 1. The van der Waals surface area contributed by atoms with Crippen molar-refractivity contribution in [3.05, 3.63) is 22.2 Å². The van der Waals surface area contributed by atoms with Crippen LogP contribution >= 0.6 is 15.9 Å². The Labute approximate surface area is 105 Å². The fourth-order valence-electron chi connectivity index (χ4n) is 1.58. The summed E-state index contributed by atoms with van der Waals surface area (Å²) in [5.74, 6) is 1.50. The lowest BCUT2D eigenvalue weighted by atomic mass is 10.0. The Morgan fingerprint density at radius 3 is 2.50 bits per heavy atom. The Morgan fingerprint density at radius 2 is 2.00 bits per heavy atom. The summed E-state index contributed by atoms with van der Waals surface area (Å²) in [4.78, 5) is 0. The molecule has 0 fully saturated rings. The number of hydrogen-bond donors (Lipinski definition) is 1. The zero-order valence-electron chi connectivity index (χ0n) is 9.92. The number of benzene rings is 1.